The zero-order chi connectivity index (χ0) is 12.9. The summed E-state index contributed by atoms with van der Waals surface area (Å²) in [6, 6.07) is 0. The minimum absolute atomic E-state index is 0.673. The van der Waals surface area contributed by atoms with Crippen LogP contribution >= 0.6 is 0 Å². The lowest BCUT2D eigenvalue weighted by molar-refractivity contribution is 0.0602. The summed E-state index contributed by atoms with van der Waals surface area (Å²) < 4.78 is 10.7. The quantitative estimate of drug-likeness (QED) is 0.477. The molecule has 0 aliphatic heterocycles. The van der Waals surface area contributed by atoms with Gasteiger partial charge in [-0.2, -0.15) is 0 Å². The third-order valence-corrected chi connectivity index (χ3v) is 3.52. The predicted molar refractivity (Wildman–Crippen MR) is 74.4 cm³/mol. The second kappa shape index (κ2) is 12.4. The number of ether oxygens (including phenoxy) is 2. The molecule has 0 aromatic rings. The van der Waals surface area contributed by atoms with Crippen LogP contribution in [0.3, 0.4) is 0 Å². The molecule has 0 aliphatic carbocycles. The first-order valence-electron chi connectivity index (χ1n) is 7.27. The second-order valence-electron chi connectivity index (χ2n) is 5.07. The Morgan fingerprint density at radius 1 is 0.706 bits per heavy atom. The maximum Gasteiger partial charge on any atom is 0.0493 e. The van der Waals surface area contributed by atoms with Crippen molar-refractivity contribution in [1.29, 1.82) is 0 Å². The Hall–Kier alpha value is -0.0800. The molecule has 0 saturated heterocycles. The van der Waals surface area contributed by atoms with Gasteiger partial charge in [-0.3, -0.25) is 0 Å². The summed E-state index contributed by atoms with van der Waals surface area (Å²) in [5.41, 5.74) is 0. The Labute approximate surface area is 108 Å². The van der Waals surface area contributed by atoms with Crippen molar-refractivity contribution in [1.82, 2.24) is 0 Å². The summed E-state index contributed by atoms with van der Waals surface area (Å²) >= 11 is 0. The highest BCUT2D eigenvalue weighted by molar-refractivity contribution is 4.70. The van der Waals surface area contributed by atoms with E-state index >= 15 is 0 Å². The lowest BCUT2D eigenvalue weighted by Gasteiger charge is -2.26. The molecule has 0 saturated carbocycles. The highest BCUT2D eigenvalue weighted by Gasteiger charge is 2.20. The van der Waals surface area contributed by atoms with E-state index in [0.717, 1.165) is 13.2 Å². The molecule has 0 N–H and O–H groups in total. The molecule has 0 rings (SSSR count). The summed E-state index contributed by atoms with van der Waals surface area (Å²) in [6.45, 7) is 6.29. The van der Waals surface area contributed by atoms with E-state index in [1.807, 2.05) is 14.2 Å². The van der Waals surface area contributed by atoms with Gasteiger partial charge in [0.15, 0.2) is 0 Å². The van der Waals surface area contributed by atoms with Gasteiger partial charge in [0.05, 0.1) is 0 Å². The first kappa shape index (κ1) is 16.9. The Kier molecular flexibility index (Phi) is 12.3. The van der Waals surface area contributed by atoms with Crippen LogP contribution in [-0.2, 0) is 9.47 Å². The lowest BCUT2D eigenvalue weighted by atomic mass is 9.85. The van der Waals surface area contributed by atoms with Crippen molar-refractivity contribution >= 4 is 0 Å². The molecule has 0 amide bonds. The molecule has 2 unspecified atom stereocenters. The number of rotatable bonds is 12. The van der Waals surface area contributed by atoms with Crippen LogP contribution in [0.25, 0.3) is 0 Å². The third kappa shape index (κ3) is 8.62. The molecule has 0 aromatic heterocycles. The van der Waals surface area contributed by atoms with Gasteiger partial charge in [-0.15, -0.1) is 0 Å². The van der Waals surface area contributed by atoms with Crippen molar-refractivity contribution in [2.24, 2.45) is 11.8 Å². The molecule has 0 radical (unpaired) electrons. The van der Waals surface area contributed by atoms with E-state index in [4.69, 9.17) is 9.47 Å². The normalized spacial score (nSPS) is 14.8. The summed E-state index contributed by atoms with van der Waals surface area (Å²) in [6.07, 6.45) is 9.17. The fraction of sp³-hybridized carbons (Fsp3) is 1.00. The van der Waals surface area contributed by atoms with Crippen molar-refractivity contribution < 1.29 is 9.47 Å². The predicted octanol–water partition coefficient (Wildman–Crippen LogP) is 4.28. The van der Waals surface area contributed by atoms with Gasteiger partial charge >= 0.3 is 0 Å². The van der Waals surface area contributed by atoms with Crippen molar-refractivity contribution in [3.8, 4) is 0 Å². The van der Waals surface area contributed by atoms with E-state index in [2.05, 4.69) is 13.8 Å². The van der Waals surface area contributed by atoms with Crippen LogP contribution in [-0.4, -0.2) is 27.4 Å². The third-order valence-electron chi connectivity index (χ3n) is 3.52. The van der Waals surface area contributed by atoms with Gasteiger partial charge in [0.1, 0.15) is 0 Å². The summed E-state index contributed by atoms with van der Waals surface area (Å²) in [5, 5.41) is 0. The van der Waals surface area contributed by atoms with E-state index < -0.39 is 0 Å². The standard InChI is InChI=1S/C15H32O2/c1-5-7-8-9-11-15(13-17-4)14(10-6-2)12-16-3/h14-15H,5-13H2,1-4H3. The molecule has 2 atom stereocenters. The van der Waals surface area contributed by atoms with Crippen LogP contribution in [0.15, 0.2) is 0 Å². The average Bonchev–Trinajstić information content (AvgIpc) is 2.33. The fourth-order valence-corrected chi connectivity index (χ4v) is 2.54. The zero-order valence-corrected chi connectivity index (χ0v) is 12.3. The van der Waals surface area contributed by atoms with Crippen molar-refractivity contribution in [3.05, 3.63) is 0 Å². The molecule has 0 heterocycles. The molecule has 0 aliphatic rings. The van der Waals surface area contributed by atoms with Gasteiger partial charge in [-0.1, -0.05) is 46.0 Å². The molecule has 2 heteroatoms. The van der Waals surface area contributed by atoms with Crippen molar-refractivity contribution in [2.75, 3.05) is 27.4 Å². The van der Waals surface area contributed by atoms with Crippen LogP contribution in [0.5, 0.6) is 0 Å². The Balaban J connectivity index is 4.04. The van der Waals surface area contributed by atoms with E-state index in [1.165, 1.54) is 44.9 Å². The summed E-state index contributed by atoms with van der Waals surface area (Å²) in [4.78, 5) is 0. The molecule has 0 spiro atoms. The number of unbranched alkanes of at least 4 members (excludes halogenated alkanes) is 3. The van der Waals surface area contributed by atoms with E-state index in [-0.39, 0.29) is 0 Å². The van der Waals surface area contributed by atoms with Crippen LogP contribution in [0.2, 0.25) is 0 Å². The lowest BCUT2D eigenvalue weighted by Crippen LogP contribution is -2.23. The Morgan fingerprint density at radius 2 is 1.29 bits per heavy atom. The largest absolute Gasteiger partial charge is 0.384 e. The Morgan fingerprint density at radius 3 is 1.76 bits per heavy atom. The van der Waals surface area contributed by atoms with Crippen LogP contribution < -0.4 is 0 Å². The molecular formula is C15H32O2. The topological polar surface area (TPSA) is 18.5 Å². The number of hydrogen-bond donors (Lipinski definition) is 0. The van der Waals surface area contributed by atoms with Gasteiger partial charge < -0.3 is 9.47 Å². The van der Waals surface area contributed by atoms with E-state index in [1.54, 1.807) is 0 Å². The molecule has 2 nitrogen and oxygen atoms in total. The molecule has 104 valence electrons. The van der Waals surface area contributed by atoms with Crippen LogP contribution in [0.4, 0.5) is 0 Å². The van der Waals surface area contributed by atoms with Crippen molar-refractivity contribution in [3.63, 3.8) is 0 Å². The van der Waals surface area contributed by atoms with Crippen LogP contribution in [0.1, 0.15) is 58.8 Å². The van der Waals surface area contributed by atoms with E-state index in [0.29, 0.717) is 11.8 Å². The van der Waals surface area contributed by atoms with Gasteiger partial charge in [0.2, 0.25) is 0 Å². The maximum atomic E-state index is 5.38. The smallest absolute Gasteiger partial charge is 0.0493 e. The van der Waals surface area contributed by atoms with Gasteiger partial charge in [-0.25, -0.2) is 0 Å². The van der Waals surface area contributed by atoms with Gasteiger partial charge in [0, 0.05) is 27.4 Å². The van der Waals surface area contributed by atoms with E-state index in [9.17, 15) is 0 Å². The van der Waals surface area contributed by atoms with Crippen LogP contribution in [0, 0.1) is 11.8 Å². The number of hydrogen-bond acceptors (Lipinski definition) is 2. The number of methoxy groups -OCH3 is 2. The minimum atomic E-state index is 0.673. The van der Waals surface area contributed by atoms with Crippen molar-refractivity contribution in [2.45, 2.75) is 58.8 Å². The minimum Gasteiger partial charge on any atom is -0.384 e. The summed E-state index contributed by atoms with van der Waals surface area (Å²) in [5.74, 6) is 1.35. The first-order chi connectivity index (χ1) is 8.29. The van der Waals surface area contributed by atoms with Gasteiger partial charge in [0.25, 0.3) is 0 Å². The Bertz CT molecular complexity index is 142. The van der Waals surface area contributed by atoms with Gasteiger partial charge in [-0.05, 0) is 24.7 Å². The first-order valence-corrected chi connectivity index (χ1v) is 7.27. The average molecular weight is 244 g/mol. The second-order valence-corrected chi connectivity index (χ2v) is 5.07. The molecule has 0 aromatic carbocycles. The highest BCUT2D eigenvalue weighted by atomic mass is 16.5. The fourth-order valence-electron chi connectivity index (χ4n) is 2.54. The highest BCUT2D eigenvalue weighted by Crippen LogP contribution is 2.24. The maximum absolute atomic E-state index is 5.38. The monoisotopic (exact) mass is 244 g/mol. The molecule has 17 heavy (non-hydrogen) atoms. The molecule has 0 bridgehead atoms. The summed E-state index contributed by atoms with van der Waals surface area (Å²) in [7, 11) is 3.62. The molecule has 0 fully saturated rings. The SMILES string of the molecule is CCCCCCC(COC)C(CCC)COC. The molecular weight excluding hydrogens is 212 g/mol. The zero-order valence-electron chi connectivity index (χ0n) is 12.3.